The quantitative estimate of drug-likeness (QED) is 0.489. The fraction of sp³-hybridized carbons (Fsp3) is 0.167. The molecule has 0 unspecified atom stereocenters. The SMILES string of the molecule is C#CCN(Cc1ccccc1)Cc1ccc(C(=O)NO)cc1. The first-order valence-corrected chi connectivity index (χ1v) is 6.96. The summed E-state index contributed by atoms with van der Waals surface area (Å²) in [4.78, 5) is 13.4. The number of hydrogen-bond acceptors (Lipinski definition) is 3. The van der Waals surface area contributed by atoms with Crippen LogP contribution >= 0.6 is 0 Å². The number of amides is 1. The van der Waals surface area contributed by atoms with Crippen LogP contribution in [0.3, 0.4) is 0 Å². The molecular weight excluding hydrogens is 276 g/mol. The molecule has 0 fully saturated rings. The predicted molar refractivity (Wildman–Crippen MR) is 85.1 cm³/mol. The topological polar surface area (TPSA) is 52.6 Å². The fourth-order valence-electron chi connectivity index (χ4n) is 2.22. The number of carbonyl (C=O) groups excluding carboxylic acids is 1. The van der Waals surface area contributed by atoms with Crippen molar-refractivity contribution >= 4 is 5.91 Å². The van der Waals surface area contributed by atoms with Gasteiger partial charge in [0.25, 0.3) is 5.91 Å². The standard InChI is InChI=1S/C18H18N2O2/c1-2-12-20(13-15-6-4-3-5-7-15)14-16-8-10-17(11-9-16)18(21)19-22/h1,3-11,22H,12-14H2,(H,19,21). The van der Waals surface area contributed by atoms with Gasteiger partial charge in [-0.2, -0.15) is 0 Å². The second-order valence-electron chi connectivity index (χ2n) is 4.97. The van der Waals surface area contributed by atoms with E-state index < -0.39 is 5.91 Å². The molecule has 0 atom stereocenters. The van der Waals surface area contributed by atoms with Crippen LogP contribution in [0.5, 0.6) is 0 Å². The number of rotatable bonds is 6. The average Bonchev–Trinajstić information content (AvgIpc) is 2.56. The highest BCUT2D eigenvalue weighted by atomic mass is 16.5. The van der Waals surface area contributed by atoms with Crippen molar-refractivity contribution in [3.8, 4) is 12.3 Å². The summed E-state index contributed by atoms with van der Waals surface area (Å²) >= 11 is 0. The molecule has 2 rings (SSSR count). The normalized spacial score (nSPS) is 10.2. The molecule has 0 bridgehead atoms. The molecule has 22 heavy (non-hydrogen) atoms. The van der Waals surface area contributed by atoms with Crippen molar-refractivity contribution in [1.29, 1.82) is 0 Å². The second kappa shape index (κ2) is 7.99. The lowest BCUT2D eigenvalue weighted by Crippen LogP contribution is -2.23. The Morgan fingerprint density at radius 1 is 1.05 bits per heavy atom. The van der Waals surface area contributed by atoms with E-state index in [1.54, 1.807) is 17.6 Å². The van der Waals surface area contributed by atoms with Crippen LogP contribution in [0.2, 0.25) is 0 Å². The highest BCUT2D eigenvalue weighted by Crippen LogP contribution is 2.11. The van der Waals surface area contributed by atoms with E-state index in [0.717, 1.165) is 12.1 Å². The largest absolute Gasteiger partial charge is 0.288 e. The lowest BCUT2D eigenvalue weighted by atomic mass is 10.1. The number of hydroxylamine groups is 1. The molecule has 112 valence electrons. The van der Waals surface area contributed by atoms with Crippen LogP contribution in [0.25, 0.3) is 0 Å². The number of carbonyl (C=O) groups is 1. The molecule has 0 aromatic heterocycles. The summed E-state index contributed by atoms with van der Waals surface area (Å²) in [5.41, 5.74) is 4.29. The van der Waals surface area contributed by atoms with Crippen LogP contribution in [0.15, 0.2) is 54.6 Å². The molecule has 0 aliphatic heterocycles. The van der Waals surface area contributed by atoms with Gasteiger partial charge in [-0.25, -0.2) is 5.48 Å². The first kappa shape index (κ1) is 15.8. The zero-order valence-electron chi connectivity index (χ0n) is 12.2. The molecule has 2 aromatic rings. The summed E-state index contributed by atoms with van der Waals surface area (Å²) in [5, 5.41) is 8.61. The van der Waals surface area contributed by atoms with E-state index in [-0.39, 0.29) is 0 Å². The maximum atomic E-state index is 11.3. The summed E-state index contributed by atoms with van der Waals surface area (Å²) in [7, 11) is 0. The average molecular weight is 294 g/mol. The van der Waals surface area contributed by atoms with Crippen LogP contribution < -0.4 is 5.48 Å². The molecule has 4 nitrogen and oxygen atoms in total. The molecule has 1 amide bonds. The van der Waals surface area contributed by atoms with Crippen molar-refractivity contribution in [3.05, 3.63) is 71.3 Å². The maximum Gasteiger partial charge on any atom is 0.274 e. The Labute approximate surface area is 130 Å². The van der Waals surface area contributed by atoms with Crippen LogP contribution in [-0.2, 0) is 13.1 Å². The van der Waals surface area contributed by atoms with Gasteiger partial charge in [0.1, 0.15) is 0 Å². The van der Waals surface area contributed by atoms with Gasteiger partial charge in [-0.1, -0.05) is 48.4 Å². The Bertz CT molecular complexity index is 645. The number of nitrogens with one attached hydrogen (secondary N) is 1. The first-order valence-electron chi connectivity index (χ1n) is 6.96. The van der Waals surface area contributed by atoms with Crippen molar-refractivity contribution < 1.29 is 10.0 Å². The first-order chi connectivity index (χ1) is 10.7. The minimum absolute atomic E-state index is 0.415. The van der Waals surface area contributed by atoms with Gasteiger partial charge in [-0.05, 0) is 23.3 Å². The minimum atomic E-state index is -0.517. The van der Waals surface area contributed by atoms with Gasteiger partial charge in [0.05, 0.1) is 6.54 Å². The van der Waals surface area contributed by atoms with Gasteiger partial charge in [-0.3, -0.25) is 14.9 Å². The zero-order valence-corrected chi connectivity index (χ0v) is 12.2. The van der Waals surface area contributed by atoms with Gasteiger partial charge in [0, 0.05) is 18.7 Å². The molecular formula is C18H18N2O2. The number of benzene rings is 2. The smallest absolute Gasteiger partial charge is 0.274 e. The van der Waals surface area contributed by atoms with Crippen LogP contribution in [0, 0.1) is 12.3 Å². The molecule has 2 aromatic carbocycles. The van der Waals surface area contributed by atoms with Gasteiger partial charge in [-0.15, -0.1) is 6.42 Å². The summed E-state index contributed by atoms with van der Waals surface area (Å²) in [6, 6.07) is 17.2. The summed E-state index contributed by atoms with van der Waals surface area (Å²) in [6.45, 7) is 2.01. The van der Waals surface area contributed by atoms with Gasteiger partial charge in [0.15, 0.2) is 0 Å². The molecule has 0 aliphatic carbocycles. The summed E-state index contributed by atoms with van der Waals surface area (Å²) in [6.07, 6.45) is 5.45. The van der Waals surface area contributed by atoms with Crippen molar-refractivity contribution in [2.75, 3.05) is 6.54 Å². The minimum Gasteiger partial charge on any atom is -0.288 e. The van der Waals surface area contributed by atoms with Crippen molar-refractivity contribution in [2.24, 2.45) is 0 Å². The van der Waals surface area contributed by atoms with E-state index in [4.69, 9.17) is 11.6 Å². The third-order valence-electron chi connectivity index (χ3n) is 3.29. The molecule has 0 spiro atoms. The third kappa shape index (κ3) is 4.45. The van der Waals surface area contributed by atoms with E-state index in [1.165, 1.54) is 5.56 Å². The Balaban J connectivity index is 2.04. The van der Waals surface area contributed by atoms with E-state index in [9.17, 15) is 4.79 Å². The summed E-state index contributed by atoms with van der Waals surface area (Å²) < 4.78 is 0. The highest BCUT2D eigenvalue weighted by Gasteiger charge is 2.08. The Morgan fingerprint density at radius 2 is 1.64 bits per heavy atom. The maximum absolute atomic E-state index is 11.3. The molecule has 4 heteroatoms. The summed E-state index contributed by atoms with van der Waals surface area (Å²) in [5.74, 6) is 2.16. The molecule has 0 heterocycles. The Hall–Kier alpha value is -2.61. The number of nitrogens with zero attached hydrogens (tertiary/aromatic N) is 1. The van der Waals surface area contributed by atoms with Crippen LogP contribution in [0.1, 0.15) is 21.5 Å². The highest BCUT2D eigenvalue weighted by molar-refractivity contribution is 5.93. The van der Waals surface area contributed by atoms with E-state index in [0.29, 0.717) is 18.7 Å². The Morgan fingerprint density at radius 3 is 2.18 bits per heavy atom. The van der Waals surface area contributed by atoms with Gasteiger partial charge < -0.3 is 0 Å². The lowest BCUT2D eigenvalue weighted by Gasteiger charge is -2.20. The van der Waals surface area contributed by atoms with Crippen LogP contribution in [0.4, 0.5) is 0 Å². The van der Waals surface area contributed by atoms with Crippen molar-refractivity contribution in [3.63, 3.8) is 0 Å². The molecule has 0 aliphatic rings. The van der Waals surface area contributed by atoms with E-state index >= 15 is 0 Å². The van der Waals surface area contributed by atoms with Gasteiger partial charge >= 0.3 is 0 Å². The molecule has 0 saturated heterocycles. The second-order valence-corrected chi connectivity index (χ2v) is 4.97. The third-order valence-corrected chi connectivity index (χ3v) is 3.29. The number of terminal acetylenes is 1. The predicted octanol–water partition coefficient (Wildman–Crippen LogP) is 2.44. The van der Waals surface area contributed by atoms with Gasteiger partial charge in [0.2, 0.25) is 0 Å². The lowest BCUT2D eigenvalue weighted by molar-refractivity contribution is 0.0706. The van der Waals surface area contributed by atoms with Crippen LogP contribution in [-0.4, -0.2) is 22.6 Å². The molecule has 0 radical (unpaired) electrons. The molecule has 0 saturated carbocycles. The van der Waals surface area contributed by atoms with E-state index in [1.807, 2.05) is 30.3 Å². The fourth-order valence-corrected chi connectivity index (χ4v) is 2.22. The van der Waals surface area contributed by atoms with E-state index in [2.05, 4.69) is 23.0 Å². The number of hydrogen-bond donors (Lipinski definition) is 2. The Kier molecular flexibility index (Phi) is 5.73. The van der Waals surface area contributed by atoms with Crippen molar-refractivity contribution in [2.45, 2.75) is 13.1 Å². The molecule has 2 N–H and O–H groups in total. The van der Waals surface area contributed by atoms with Crippen molar-refractivity contribution in [1.82, 2.24) is 10.4 Å². The zero-order chi connectivity index (χ0) is 15.8. The monoisotopic (exact) mass is 294 g/mol.